The van der Waals surface area contributed by atoms with Crippen molar-refractivity contribution in [2.24, 2.45) is 0 Å². The molecule has 0 saturated heterocycles. The van der Waals surface area contributed by atoms with E-state index in [1.807, 2.05) is 62.4 Å². The van der Waals surface area contributed by atoms with Crippen LogP contribution in [-0.4, -0.2) is 19.6 Å². The molecule has 1 amide bonds. The Morgan fingerprint density at radius 1 is 0.964 bits per heavy atom. The first-order chi connectivity index (χ1) is 13.5. The van der Waals surface area contributed by atoms with Crippen molar-refractivity contribution in [2.75, 3.05) is 19.0 Å². The van der Waals surface area contributed by atoms with E-state index in [-0.39, 0.29) is 12.5 Å². The van der Waals surface area contributed by atoms with Crippen molar-refractivity contribution in [1.82, 2.24) is 0 Å². The molecule has 1 aromatic heterocycles. The molecule has 28 heavy (non-hydrogen) atoms. The smallest absolute Gasteiger partial charge is 0.262 e. The number of fused-ring (bicyclic) bond motifs is 3. The Labute approximate surface area is 162 Å². The van der Waals surface area contributed by atoms with Gasteiger partial charge in [-0.25, -0.2) is 0 Å². The van der Waals surface area contributed by atoms with Crippen molar-refractivity contribution in [2.45, 2.75) is 13.8 Å². The maximum absolute atomic E-state index is 12.4. The summed E-state index contributed by atoms with van der Waals surface area (Å²) in [6, 6.07) is 17.3. The highest BCUT2D eigenvalue weighted by atomic mass is 16.5. The molecule has 0 atom stereocenters. The molecule has 0 fully saturated rings. The molecule has 0 aliphatic carbocycles. The SMILES string of the molecule is COc1cc2c(cc1NC(=O)COc1ccc(C)cc1C)oc1ccccc12. The number of rotatable bonds is 5. The number of aryl methyl sites for hydroxylation is 2. The highest BCUT2D eigenvalue weighted by molar-refractivity contribution is 6.07. The predicted molar refractivity (Wildman–Crippen MR) is 110 cm³/mol. The van der Waals surface area contributed by atoms with Crippen LogP contribution in [-0.2, 0) is 4.79 Å². The number of ether oxygens (including phenoxy) is 2. The Hall–Kier alpha value is -3.47. The van der Waals surface area contributed by atoms with Gasteiger partial charge in [0.05, 0.1) is 12.8 Å². The molecule has 0 radical (unpaired) electrons. The van der Waals surface area contributed by atoms with E-state index >= 15 is 0 Å². The highest BCUT2D eigenvalue weighted by Gasteiger charge is 2.14. The van der Waals surface area contributed by atoms with Gasteiger partial charge in [0.2, 0.25) is 0 Å². The number of amides is 1. The molecular weight excluding hydrogens is 354 g/mol. The van der Waals surface area contributed by atoms with Gasteiger partial charge < -0.3 is 19.2 Å². The van der Waals surface area contributed by atoms with Crippen LogP contribution in [0, 0.1) is 13.8 Å². The Morgan fingerprint density at radius 3 is 2.57 bits per heavy atom. The number of furan rings is 1. The van der Waals surface area contributed by atoms with Gasteiger partial charge in [-0.3, -0.25) is 4.79 Å². The summed E-state index contributed by atoms with van der Waals surface area (Å²) in [5.41, 5.74) is 4.17. The quantitative estimate of drug-likeness (QED) is 0.519. The minimum absolute atomic E-state index is 0.0920. The van der Waals surface area contributed by atoms with Crippen LogP contribution in [0.1, 0.15) is 11.1 Å². The fraction of sp³-hybridized carbons (Fsp3) is 0.174. The second-order valence-electron chi connectivity index (χ2n) is 6.75. The molecular formula is C23H21NO4. The van der Waals surface area contributed by atoms with Gasteiger partial charge in [0.25, 0.3) is 5.91 Å². The van der Waals surface area contributed by atoms with Crippen molar-refractivity contribution in [1.29, 1.82) is 0 Å². The molecule has 0 aliphatic heterocycles. The number of carbonyl (C=O) groups is 1. The summed E-state index contributed by atoms with van der Waals surface area (Å²) in [6.07, 6.45) is 0. The number of methoxy groups -OCH3 is 1. The second kappa shape index (κ2) is 7.27. The third-order valence-electron chi connectivity index (χ3n) is 4.66. The molecule has 142 valence electrons. The molecule has 0 bridgehead atoms. The fourth-order valence-corrected chi connectivity index (χ4v) is 3.31. The lowest BCUT2D eigenvalue weighted by molar-refractivity contribution is -0.118. The molecule has 4 rings (SSSR count). The number of nitrogens with one attached hydrogen (secondary N) is 1. The van der Waals surface area contributed by atoms with Crippen LogP contribution in [0.2, 0.25) is 0 Å². The average Bonchev–Trinajstić information content (AvgIpc) is 3.04. The van der Waals surface area contributed by atoms with Gasteiger partial charge in [0, 0.05) is 16.8 Å². The molecule has 1 heterocycles. The van der Waals surface area contributed by atoms with E-state index in [1.165, 1.54) is 0 Å². The Morgan fingerprint density at radius 2 is 1.79 bits per heavy atom. The van der Waals surface area contributed by atoms with Gasteiger partial charge in [-0.2, -0.15) is 0 Å². The zero-order chi connectivity index (χ0) is 19.7. The normalized spacial score (nSPS) is 11.0. The first-order valence-corrected chi connectivity index (χ1v) is 9.04. The lowest BCUT2D eigenvalue weighted by Gasteiger charge is -2.12. The molecule has 5 nitrogen and oxygen atoms in total. The van der Waals surface area contributed by atoms with Gasteiger partial charge in [-0.05, 0) is 37.6 Å². The van der Waals surface area contributed by atoms with Crippen LogP contribution in [0.3, 0.4) is 0 Å². The molecule has 4 aromatic rings. The number of hydrogen-bond donors (Lipinski definition) is 1. The summed E-state index contributed by atoms with van der Waals surface area (Å²) >= 11 is 0. The summed E-state index contributed by atoms with van der Waals surface area (Å²) in [5, 5.41) is 4.80. The van der Waals surface area contributed by atoms with Crippen molar-refractivity contribution in [3.63, 3.8) is 0 Å². The van der Waals surface area contributed by atoms with Crippen molar-refractivity contribution in [3.8, 4) is 11.5 Å². The van der Waals surface area contributed by atoms with Gasteiger partial charge >= 0.3 is 0 Å². The third-order valence-corrected chi connectivity index (χ3v) is 4.66. The lowest BCUT2D eigenvalue weighted by Crippen LogP contribution is -2.20. The third kappa shape index (κ3) is 3.39. The molecule has 1 N–H and O–H groups in total. The van der Waals surface area contributed by atoms with Crippen LogP contribution in [0.25, 0.3) is 21.9 Å². The zero-order valence-corrected chi connectivity index (χ0v) is 16.0. The van der Waals surface area contributed by atoms with Crippen LogP contribution in [0.15, 0.2) is 59.0 Å². The van der Waals surface area contributed by atoms with Crippen molar-refractivity contribution >= 4 is 33.5 Å². The molecule has 3 aromatic carbocycles. The second-order valence-corrected chi connectivity index (χ2v) is 6.75. The van der Waals surface area contributed by atoms with Gasteiger partial charge in [-0.15, -0.1) is 0 Å². The summed E-state index contributed by atoms with van der Waals surface area (Å²) in [7, 11) is 1.57. The Kier molecular flexibility index (Phi) is 4.65. The van der Waals surface area contributed by atoms with E-state index in [4.69, 9.17) is 13.9 Å². The average molecular weight is 375 g/mol. The molecule has 0 aliphatic rings. The van der Waals surface area contributed by atoms with Gasteiger partial charge in [0.1, 0.15) is 22.7 Å². The van der Waals surface area contributed by atoms with Gasteiger partial charge in [0.15, 0.2) is 6.61 Å². The molecule has 0 unspecified atom stereocenters. The maximum Gasteiger partial charge on any atom is 0.262 e. The number of para-hydroxylation sites is 1. The zero-order valence-electron chi connectivity index (χ0n) is 16.0. The van der Waals surface area contributed by atoms with E-state index in [0.29, 0.717) is 22.8 Å². The van der Waals surface area contributed by atoms with Crippen LogP contribution in [0.4, 0.5) is 5.69 Å². The largest absolute Gasteiger partial charge is 0.495 e. The van der Waals surface area contributed by atoms with Crippen LogP contribution in [0.5, 0.6) is 11.5 Å². The van der Waals surface area contributed by atoms with Crippen LogP contribution < -0.4 is 14.8 Å². The van der Waals surface area contributed by atoms with Gasteiger partial charge in [-0.1, -0.05) is 35.9 Å². The first kappa shape index (κ1) is 17.9. The molecule has 5 heteroatoms. The Balaban J connectivity index is 1.56. The predicted octanol–water partition coefficient (Wildman–Crippen LogP) is 5.23. The number of hydrogen-bond acceptors (Lipinski definition) is 4. The number of benzene rings is 3. The summed E-state index contributed by atoms with van der Waals surface area (Å²) in [6.45, 7) is 3.88. The van der Waals surface area contributed by atoms with Crippen molar-refractivity contribution in [3.05, 3.63) is 65.7 Å². The van der Waals surface area contributed by atoms with E-state index in [2.05, 4.69) is 5.32 Å². The monoisotopic (exact) mass is 375 g/mol. The first-order valence-electron chi connectivity index (χ1n) is 9.04. The minimum atomic E-state index is -0.270. The molecule has 0 spiro atoms. The maximum atomic E-state index is 12.4. The minimum Gasteiger partial charge on any atom is -0.495 e. The Bertz CT molecular complexity index is 1180. The van der Waals surface area contributed by atoms with E-state index in [0.717, 1.165) is 27.5 Å². The molecule has 0 saturated carbocycles. The van der Waals surface area contributed by atoms with E-state index < -0.39 is 0 Å². The standard InChI is InChI=1S/C23H21NO4/c1-14-8-9-19(15(2)10-14)27-13-23(25)24-18-12-21-17(11-22(18)26-3)16-6-4-5-7-20(16)28-21/h4-12H,13H2,1-3H3,(H,24,25). The van der Waals surface area contributed by atoms with E-state index in [9.17, 15) is 4.79 Å². The summed E-state index contributed by atoms with van der Waals surface area (Å²) in [4.78, 5) is 12.4. The number of anilines is 1. The highest BCUT2D eigenvalue weighted by Crippen LogP contribution is 2.36. The summed E-state index contributed by atoms with van der Waals surface area (Å²) < 4.78 is 17.0. The lowest BCUT2D eigenvalue weighted by atomic mass is 10.1. The number of carbonyl (C=O) groups excluding carboxylic acids is 1. The van der Waals surface area contributed by atoms with Crippen LogP contribution >= 0.6 is 0 Å². The fourth-order valence-electron chi connectivity index (χ4n) is 3.31. The summed E-state index contributed by atoms with van der Waals surface area (Å²) in [5.74, 6) is 0.994. The van der Waals surface area contributed by atoms with E-state index in [1.54, 1.807) is 13.2 Å². The van der Waals surface area contributed by atoms with Crippen molar-refractivity contribution < 1.29 is 18.7 Å². The topological polar surface area (TPSA) is 60.7 Å².